The van der Waals surface area contributed by atoms with E-state index in [4.69, 9.17) is 0 Å². The maximum atomic E-state index is 4.15. The minimum absolute atomic E-state index is 0.274. The van der Waals surface area contributed by atoms with E-state index in [9.17, 15) is 0 Å². The van der Waals surface area contributed by atoms with E-state index in [2.05, 4.69) is 275 Å². The number of rotatable bonds is 7. The predicted octanol–water partition coefficient (Wildman–Crippen LogP) is 19.6. The zero-order valence-electron chi connectivity index (χ0n) is 43.7. The Labute approximate surface area is 457 Å². The Morgan fingerprint density at radius 2 is 0.756 bits per heavy atom. The van der Waals surface area contributed by atoms with Gasteiger partial charge in [0, 0.05) is 22.4 Å². The summed E-state index contributed by atoms with van der Waals surface area (Å²) in [5, 5.41) is 0. The van der Waals surface area contributed by atoms with E-state index < -0.39 is 10.8 Å². The van der Waals surface area contributed by atoms with Crippen LogP contribution in [0.15, 0.2) is 274 Å². The van der Waals surface area contributed by atoms with Crippen molar-refractivity contribution in [3.8, 4) is 66.8 Å². The van der Waals surface area contributed by atoms with Gasteiger partial charge in [-0.25, -0.2) is 0 Å². The molecule has 0 atom stereocenters. The van der Waals surface area contributed by atoms with Gasteiger partial charge >= 0.3 is 0 Å². The minimum Gasteiger partial charge on any atom is -0.310 e. The Morgan fingerprint density at radius 3 is 1.29 bits per heavy atom. The lowest BCUT2D eigenvalue weighted by atomic mass is 9.70. The van der Waals surface area contributed by atoms with Crippen LogP contribution in [0, 0.1) is 0 Å². The van der Waals surface area contributed by atoms with Crippen LogP contribution in [0.25, 0.3) is 72.3 Å². The molecule has 5 aliphatic rings. The first-order valence-corrected chi connectivity index (χ1v) is 27.4. The molecule has 0 saturated heterocycles. The van der Waals surface area contributed by atoms with Crippen LogP contribution < -0.4 is 4.90 Å². The van der Waals surface area contributed by atoms with Gasteiger partial charge < -0.3 is 4.90 Å². The summed E-state index contributed by atoms with van der Waals surface area (Å²) in [6.07, 6.45) is 5.82. The SMILES string of the molecule is C=C/C=C(\C=C)c1ccc2c(c1)C(C)(C)c1cc(N(c3ccc(-c4ccc5c(c4)C4(c6ccccc6-c6ccccc64)c4ccccc4-5)cc3)c3cccc4c3-c3ccccc3C43c4ccccc4-c4ccccc43)ccc1-2. The quantitative estimate of drug-likeness (QED) is 0.144. The van der Waals surface area contributed by atoms with E-state index in [1.54, 1.807) is 0 Å². The average molecular weight is 992 g/mol. The predicted molar refractivity (Wildman–Crippen MR) is 325 cm³/mol. The number of anilines is 3. The van der Waals surface area contributed by atoms with Crippen LogP contribution in [0.4, 0.5) is 17.1 Å². The number of hydrogen-bond acceptors (Lipinski definition) is 1. The molecule has 11 aromatic carbocycles. The topological polar surface area (TPSA) is 3.24 Å². The zero-order chi connectivity index (χ0) is 52.1. The molecule has 0 saturated carbocycles. The van der Waals surface area contributed by atoms with Gasteiger partial charge in [-0.05, 0) is 170 Å². The molecule has 0 radical (unpaired) electrons. The fourth-order valence-corrected chi connectivity index (χ4v) is 15.3. The summed E-state index contributed by atoms with van der Waals surface area (Å²) < 4.78 is 0. The van der Waals surface area contributed by atoms with Gasteiger partial charge in [0.15, 0.2) is 0 Å². The molecule has 78 heavy (non-hydrogen) atoms. The van der Waals surface area contributed by atoms with Crippen molar-refractivity contribution in [3.05, 3.63) is 335 Å². The van der Waals surface area contributed by atoms with E-state index in [0.717, 1.165) is 28.2 Å². The van der Waals surface area contributed by atoms with Crippen LogP contribution in [0.5, 0.6) is 0 Å². The van der Waals surface area contributed by atoms with Gasteiger partial charge in [-0.15, -0.1) is 0 Å². The highest BCUT2D eigenvalue weighted by Gasteiger charge is 2.54. The molecular weight excluding hydrogens is 939 g/mol. The zero-order valence-corrected chi connectivity index (χ0v) is 43.7. The molecule has 0 amide bonds. The number of hydrogen-bond donors (Lipinski definition) is 0. The molecule has 0 unspecified atom stereocenters. The molecule has 0 N–H and O–H groups in total. The Bertz CT molecular complexity index is 4350. The maximum Gasteiger partial charge on any atom is 0.0726 e. The Kier molecular flexibility index (Phi) is 9.30. The van der Waals surface area contributed by atoms with Gasteiger partial charge in [0.2, 0.25) is 0 Å². The molecule has 0 bridgehead atoms. The third-order valence-corrected chi connectivity index (χ3v) is 18.5. The van der Waals surface area contributed by atoms with Crippen molar-refractivity contribution in [2.45, 2.75) is 30.1 Å². The lowest BCUT2D eigenvalue weighted by molar-refractivity contribution is 0.660. The van der Waals surface area contributed by atoms with E-state index >= 15 is 0 Å². The lowest BCUT2D eigenvalue weighted by Crippen LogP contribution is -2.26. The van der Waals surface area contributed by atoms with E-state index in [0.29, 0.717) is 0 Å². The Hall–Kier alpha value is -9.56. The third kappa shape index (κ3) is 5.65. The number of fused-ring (bicyclic) bond motifs is 23. The summed E-state index contributed by atoms with van der Waals surface area (Å²) >= 11 is 0. The molecule has 16 rings (SSSR count). The monoisotopic (exact) mass is 991 g/mol. The lowest BCUT2D eigenvalue weighted by Gasteiger charge is -2.32. The molecule has 11 aromatic rings. The summed E-state index contributed by atoms with van der Waals surface area (Å²) in [6.45, 7) is 12.9. The molecule has 5 aliphatic carbocycles. The van der Waals surface area contributed by atoms with Crippen LogP contribution in [0.3, 0.4) is 0 Å². The van der Waals surface area contributed by atoms with Crippen LogP contribution in [-0.2, 0) is 16.2 Å². The first-order chi connectivity index (χ1) is 38.4. The summed E-state index contributed by atoms with van der Waals surface area (Å²) in [7, 11) is 0. The van der Waals surface area contributed by atoms with Crippen molar-refractivity contribution in [2.75, 3.05) is 4.90 Å². The van der Waals surface area contributed by atoms with Gasteiger partial charge in [0.05, 0.1) is 16.5 Å². The normalized spacial score (nSPS) is 15.0. The van der Waals surface area contributed by atoms with Gasteiger partial charge in [0.25, 0.3) is 0 Å². The second-order valence-corrected chi connectivity index (χ2v) is 22.3. The highest BCUT2D eigenvalue weighted by Crippen LogP contribution is 2.66. The summed E-state index contributed by atoms with van der Waals surface area (Å²) in [4.78, 5) is 2.54. The molecule has 0 aromatic heterocycles. The third-order valence-electron chi connectivity index (χ3n) is 18.5. The summed E-state index contributed by atoms with van der Waals surface area (Å²) in [5.41, 5.74) is 33.2. The molecule has 0 heterocycles. The first-order valence-electron chi connectivity index (χ1n) is 27.4. The molecule has 0 fully saturated rings. The van der Waals surface area contributed by atoms with Gasteiger partial charge in [-0.2, -0.15) is 0 Å². The Balaban J connectivity index is 0.890. The molecule has 0 aliphatic heterocycles. The number of nitrogens with zero attached hydrogens (tertiary/aromatic N) is 1. The minimum atomic E-state index is -0.473. The average Bonchev–Trinajstić information content (AvgIpc) is 3.83. The van der Waals surface area contributed by atoms with Crippen LogP contribution in [-0.4, -0.2) is 0 Å². The van der Waals surface area contributed by atoms with Crippen molar-refractivity contribution in [1.29, 1.82) is 0 Å². The van der Waals surface area contributed by atoms with Crippen molar-refractivity contribution in [2.24, 2.45) is 0 Å². The highest BCUT2D eigenvalue weighted by molar-refractivity contribution is 6.02. The largest absolute Gasteiger partial charge is 0.310 e. The summed E-state index contributed by atoms with van der Waals surface area (Å²) in [6, 6.07) is 92.3. The second-order valence-electron chi connectivity index (χ2n) is 22.3. The summed E-state index contributed by atoms with van der Waals surface area (Å²) in [5.74, 6) is 0. The van der Waals surface area contributed by atoms with Crippen molar-refractivity contribution in [3.63, 3.8) is 0 Å². The van der Waals surface area contributed by atoms with Crippen molar-refractivity contribution < 1.29 is 0 Å². The van der Waals surface area contributed by atoms with Gasteiger partial charge in [-0.3, -0.25) is 0 Å². The smallest absolute Gasteiger partial charge is 0.0726 e. The first kappa shape index (κ1) is 44.7. The van der Waals surface area contributed by atoms with E-state index in [1.807, 2.05) is 18.2 Å². The van der Waals surface area contributed by atoms with Crippen LogP contribution in [0.2, 0.25) is 0 Å². The van der Waals surface area contributed by atoms with E-state index in [1.165, 1.54) is 122 Å². The number of benzene rings is 11. The maximum absolute atomic E-state index is 4.15. The highest BCUT2D eigenvalue weighted by atomic mass is 15.1. The number of allylic oxidation sites excluding steroid dienone is 4. The van der Waals surface area contributed by atoms with Crippen molar-refractivity contribution in [1.82, 2.24) is 0 Å². The molecule has 1 nitrogen and oxygen atoms in total. The second kappa shape index (κ2) is 16.2. The molecule has 366 valence electrons. The standard InChI is InChI=1S/C77H53N/c1-5-20-48(6-2)50-37-42-59-60-44-41-53(47-71(60)75(3,4)70(59)45-50)78(73-34-19-33-69-74(73)62-26-12-18-32-68(62)76(69)63-27-13-7-21-54(63)55-22-8-14-28-64(55)76)52-39-35-49(36-40-52)51-38-43-61-58-25-11-17-31-67(58)77(72(61)46-51)65-29-15-9-23-56(65)57-24-10-16-30-66(57)77/h5-47H,1-2H2,3-4H3/b48-20+. The molecule has 2 spiro atoms. The van der Waals surface area contributed by atoms with Crippen LogP contribution >= 0.6 is 0 Å². The van der Waals surface area contributed by atoms with Crippen molar-refractivity contribution >= 4 is 22.6 Å². The van der Waals surface area contributed by atoms with Crippen LogP contribution in [0.1, 0.15) is 75.0 Å². The fraction of sp³-hybridized carbons (Fsp3) is 0.0649. The Morgan fingerprint density at radius 1 is 0.346 bits per heavy atom. The fourth-order valence-electron chi connectivity index (χ4n) is 15.3. The van der Waals surface area contributed by atoms with E-state index in [-0.39, 0.29) is 5.41 Å². The molecular formula is C77H53N. The van der Waals surface area contributed by atoms with Gasteiger partial charge in [-0.1, -0.05) is 245 Å². The van der Waals surface area contributed by atoms with Gasteiger partial charge in [0.1, 0.15) is 0 Å². The molecule has 1 heteroatoms.